The third-order valence-electron chi connectivity index (χ3n) is 9.44. The number of ether oxygens (including phenoxy) is 2. The molecule has 0 saturated heterocycles. The van der Waals surface area contributed by atoms with Gasteiger partial charge in [0.15, 0.2) is 0 Å². The lowest BCUT2D eigenvalue weighted by molar-refractivity contribution is -0.164. The van der Waals surface area contributed by atoms with Crippen molar-refractivity contribution in [2.45, 2.75) is 84.7 Å². The predicted molar refractivity (Wildman–Crippen MR) is 103 cm³/mol. The third kappa shape index (κ3) is 2.93. The fourth-order valence-corrected chi connectivity index (χ4v) is 8.09. The summed E-state index contributed by atoms with van der Waals surface area (Å²) in [6.45, 7) is 6.42. The van der Waals surface area contributed by atoms with Gasteiger partial charge in [0.2, 0.25) is 0 Å². The van der Waals surface area contributed by atoms with Crippen LogP contribution in [-0.2, 0) is 19.1 Å². The summed E-state index contributed by atoms with van der Waals surface area (Å²) in [7, 11) is 1.54. The van der Waals surface area contributed by atoms with Crippen LogP contribution in [0.4, 0.5) is 0 Å². The van der Waals surface area contributed by atoms with Crippen LogP contribution >= 0.6 is 0 Å². The molecule has 4 heteroatoms. The Bertz CT molecular complexity index is 615. The first-order valence-corrected chi connectivity index (χ1v) is 11.0. The Morgan fingerprint density at radius 3 is 2.30 bits per heavy atom. The van der Waals surface area contributed by atoms with Gasteiger partial charge in [0.05, 0.1) is 13.0 Å². The molecule has 2 unspecified atom stereocenters. The average molecular weight is 377 g/mol. The maximum Gasteiger partial charge on any atom is 0.309 e. The monoisotopic (exact) mass is 376 g/mol. The van der Waals surface area contributed by atoms with Crippen LogP contribution in [0.1, 0.15) is 78.6 Å². The van der Waals surface area contributed by atoms with E-state index in [1.807, 2.05) is 0 Å². The Kier molecular flexibility index (Phi) is 4.83. The summed E-state index contributed by atoms with van der Waals surface area (Å²) in [4.78, 5) is 23.8. The second-order valence-electron chi connectivity index (χ2n) is 10.4. The lowest BCUT2D eigenvalue weighted by Crippen LogP contribution is -2.54. The molecule has 8 atom stereocenters. The second-order valence-corrected chi connectivity index (χ2v) is 10.4. The van der Waals surface area contributed by atoms with Gasteiger partial charge in [0, 0.05) is 6.92 Å². The van der Waals surface area contributed by atoms with Crippen LogP contribution < -0.4 is 0 Å². The van der Waals surface area contributed by atoms with Crippen LogP contribution in [0, 0.1) is 40.4 Å². The van der Waals surface area contributed by atoms with Crippen molar-refractivity contribution < 1.29 is 19.1 Å². The first-order chi connectivity index (χ1) is 12.8. The summed E-state index contributed by atoms with van der Waals surface area (Å²) in [5.74, 6) is 2.85. The minimum atomic E-state index is -0.134. The molecule has 0 radical (unpaired) electrons. The number of esters is 2. The summed E-state index contributed by atoms with van der Waals surface area (Å²) in [5, 5.41) is 0. The topological polar surface area (TPSA) is 52.6 Å². The third-order valence-corrected chi connectivity index (χ3v) is 9.44. The van der Waals surface area contributed by atoms with E-state index in [1.54, 1.807) is 7.11 Å². The molecule has 0 spiro atoms. The van der Waals surface area contributed by atoms with Gasteiger partial charge in [-0.3, -0.25) is 9.59 Å². The van der Waals surface area contributed by atoms with E-state index in [4.69, 9.17) is 9.47 Å². The van der Waals surface area contributed by atoms with Crippen molar-refractivity contribution in [1.29, 1.82) is 0 Å². The van der Waals surface area contributed by atoms with Crippen LogP contribution in [0.3, 0.4) is 0 Å². The molecule has 0 aromatic heterocycles. The molecule has 152 valence electrons. The van der Waals surface area contributed by atoms with Crippen LogP contribution in [-0.4, -0.2) is 25.2 Å². The van der Waals surface area contributed by atoms with Gasteiger partial charge >= 0.3 is 11.9 Å². The minimum absolute atomic E-state index is 0.0141. The molecule has 4 saturated carbocycles. The highest BCUT2D eigenvalue weighted by molar-refractivity contribution is 5.73. The molecule has 0 aromatic carbocycles. The van der Waals surface area contributed by atoms with E-state index in [1.165, 1.54) is 39.0 Å². The molecule has 4 aliphatic rings. The van der Waals surface area contributed by atoms with Crippen molar-refractivity contribution in [1.82, 2.24) is 0 Å². The number of hydrogen-bond donors (Lipinski definition) is 0. The molecular formula is C23H36O4. The predicted octanol–water partition coefficient (Wildman–Crippen LogP) is 4.75. The summed E-state index contributed by atoms with van der Waals surface area (Å²) in [6.07, 6.45) is 10.5. The molecule has 4 rings (SSSR count). The Balaban J connectivity index is 1.53. The number of rotatable bonds is 2. The zero-order valence-corrected chi connectivity index (χ0v) is 17.5. The fourth-order valence-electron chi connectivity index (χ4n) is 8.09. The lowest BCUT2D eigenvalue weighted by atomic mass is 9.44. The largest absolute Gasteiger partial charge is 0.469 e. The number of carbonyl (C=O) groups excluding carboxylic acids is 2. The van der Waals surface area contributed by atoms with Crippen LogP contribution in [0.5, 0.6) is 0 Å². The van der Waals surface area contributed by atoms with Crippen LogP contribution in [0.25, 0.3) is 0 Å². The quantitative estimate of drug-likeness (QED) is 0.653. The van der Waals surface area contributed by atoms with Crippen molar-refractivity contribution in [3.8, 4) is 0 Å². The molecule has 0 bridgehead atoms. The maximum atomic E-state index is 12.4. The highest BCUT2D eigenvalue weighted by Gasteiger charge is 2.61. The standard InChI is InChI=1S/C23H36O4/c1-14(24)27-16-9-11-22(2)15(13-16)5-6-17-18-7-8-20(21(25)26-4)23(18,3)12-10-19(17)22/h15-20H,5-13H2,1-4H3/t15-,16+,17?,18-,19?,20+,22+,23+/m1/s1. The average Bonchev–Trinajstić information content (AvgIpc) is 2.98. The first-order valence-electron chi connectivity index (χ1n) is 11.0. The van der Waals surface area contributed by atoms with Gasteiger partial charge in [0.1, 0.15) is 6.10 Å². The Morgan fingerprint density at radius 2 is 1.59 bits per heavy atom. The zero-order chi connectivity index (χ0) is 19.4. The molecule has 4 fully saturated rings. The van der Waals surface area contributed by atoms with Gasteiger partial charge < -0.3 is 9.47 Å². The molecule has 0 aromatic rings. The van der Waals surface area contributed by atoms with E-state index in [9.17, 15) is 9.59 Å². The SMILES string of the molecule is COC(=O)[C@@H]1CC[C@@H]2C3CC[C@@H]4C[C@@H](OC(C)=O)CC[C@]4(C)C3CC[C@@]21C. The summed E-state index contributed by atoms with van der Waals surface area (Å²) in [5.41, 5.74) is 0.511. The van der Waals surface area contributed by atoms with E-state index < -0.39 is 0 Å². The van der Waals surface area contributed by atoms with E-state index in [0.29, 0.717) is 17.3 Å². The van der Waals surface area contributed by atoms with Gasteiger partial charge in [-0.2, -0.15) is 0 Å². The minimum Gasteiger partial charge on any atom is -0.469 e. The maximum absolute atomic E-state index is 12.4. The summed E-state index contributed by atoms with van der Waals surface area (Å²) >= 11 is 0. The first kappa shape index (κ1) is 19.3. The van der Waals surface area contributed by atoms with Gasteiger partial charge in [-0.05, 0) is 92.3 Å². The number of hydrogen-bond acceptors (Lipinski definition) is 4. The van der Waals surface area contributed by atoms with Crippen molar-refractivity contribution in [3.05, 3.63) is 0 Å². The molecule has 0 aliphatic heterocycles. The number of carbonyl (C=O) groups is 2. The number of fused-ring (bicyclic) bond motifs is 5. The van der Waals surface area contributed by atoms with Crippen LogP contribution in [0.2, 0.25) is 0 Å². The highest BCUT2D eigenvalue weighted by Crippen LogP contribution is 2.67. The van der Waals surface area contributed by atoms with Crippen molar-refractivity contribution in [2.75, 3.05) is 7.11 Å². The molecule has 0 N–H and O–H groups in total. The molecular weight excluding hydrogens is 340 g/mol. The Morgan fingerprint density at radius 1 is 0.889 bits per heavy atom. The van der Waals surface area contributed by atoms with Gasteiger partial charge in [-0.1, -0.05) is 13.8 Å². The number of methoxy groups -OCH3 is 1. The van der Waals surface area contributed by atoms with E-state index in [0.717, 1.165) is 37.5 Å². The lowest BCUT2D eigenvalue weighted by Gasteiger charge is -2.60. The zero-order valence-electron chi connectivity index (χ0n) is 17.5. The smallest absolute Gasteiger partial charge is 0.309 e. The molecule has 4 nitrogen and oxygen atoms in total. The molecule has 0 amide bonds. The second kappa shape index (κ2) is 6.77. The van der Waals surface area contributed by atoms with Gasteiger partial charge in [-0.25, -0.2) is 0 Å². The van der Waals surface area contributed by atoms with E-state index in [-0.39, 0.29) is 29.4 Å². The van der Waals surface area contributed by atoms with Crippen molar-refractivity contribution in [2.24, 2.45) is 40.4 Å². The molecule has 4 aliphatic carbocycles. The fraction of sp³-hybridized carbons (Fsp3) is 0.913. The van der Waals surface area contributed by atoms with Gasteiger partial charge in [0.25, 0.3) is 0 Å². The van der Waals surface area contributed by atoms with Crippen LogP contribution in [0.15, 0.2) is 0 Å². The Hall–Kier alpha value is -1.06. The van der Waals surface area contributed by atoms with Gasteiger partial charge in [-0.15, -0.1) is 0 Å². The van der Waals surface area contributed by atoms with Crippen molar-refractivity contribution >= 4 is 11.9 Å². The summed E-state index contributed by atoms with van der Waals surface area (Å²) in [6, 6.07) is 0. The molecule has 27 heavy (non-hydrogen) atoms. The van der Waals surface area contributed by atoms with Crippen molar-refractivity contribution in [3.63, 3.8) is 0 Å². The summed E-state index contributed by atoms with van der Waals surface area (Å²) < 4.78 is 10.7. The Labute approximate surface area is 163 Å². The molecule has 0 heterocycles. The highest BCUT2D eigenvalue weighted by atomic mass is 16.5. The normalized spacial score (nSPS) is 48.7. The van der Waals surface area contributed by atoms with E-state index >= 15 is 0 Å². The van der Waals surface area contributed by atoms with E-state index in [2.05, 4.69) is 13.8 Å².